The van der Waals surface area contributed by atoms with Crippen molar-refractivity contribution in [1.82, 2.24) is 0 Å². The fourth-order valence-electron chi connectivity index (χ4n) is 1.12. The van der Waals surface area contributed by atoms with Crippen LogP contribution >= 0.6 is 0 Å². The Morgan fingerprint density at radius 2 is 1.00 bits per heavy atom. The van der Waals surface area contributed by atoms with Crippen LogP contribution in [0, 0.1) is 0 Å². The Bertz CT molecular complexity index is 115. The number of unbranched alkanes of at least 4 members (excludes halogenated alkanes) is 3. The van der Waals surface area contributed by atoms with Crippen LogP contribution in [0.5, 0.6) is 0 Å². The van der Waals surface area contributed by atoms with Gasteiger partial charge in [-0.05, 0) is 19.3 Å². The molecule has 16 heavy (non-hydrogen) atoms. The van der Waals surface area contributed by atoms with E-state index < -0.39 is 7.32 Å². The van der Waals surface area contributed by atoms with Crippen molar-refractivity contribution < 1.29 is 15.4 Å². The lowest BCUT2D eigenvalue weighted by Crippen LogP contribution is -2.28. The quantitative estimate of drug-likeness (QED) is 0.379. The molecule has 0 saturated carbocycles. The minimum atomic E-state index is -0.454. The number of hydrogen-bond donors (Lipinski definition) is 0. The SMILES string of the molecule is CCCCOB(OCCCC)OCCCC.[HH]. The van der Waals surface area contributed by atoms with Crippen LogP contribution in [-0.2, 0) is 14.0 Å². The first-order valence-corrected chi connectivity index (χ1v) is 6.69. The normalized spacial score (nSPS) is 10.7. The van der Waals surface area contributed by atoms with Gasteiger partial charge in [0, 0.05) is 21.2 Å². The van der Waals surface area contributed by atoms with Crippen LogP contribution in [0.25, 0.3) is 0 Å². The van der Waals surface area contributed by atoms with Crippen LogP contribution in [-0.4, -0.2) is 27.1 Å². The van der Waals surface area contributed by atoms with Gasteiger partial charge in [-0.1, -0.05) is 40.0 Å². The maximum absolute atomic E-state index is 5.53. The molecule has 0 aliphatic carbocycles. The van der Waals surface area contributed by atoms with E-state index >= 15 is 0 Å². The van der Waals surface area contributed by atoms with Crippen molar-refractivity contribution >= 4 is 7.32 Å². The van der Waals surface area contributed by atoms with Crippen molar-refractivity contribution in [2.24, 2.45) is 0 Å². The predicted molar refractivity (Wildman–Crippen MR) is 70.4 cm³/mol. The van der Waals surface area contributed by atoms with Crippen molar-refractivity contribution in [1.29, 1.82) is 0 Å². The summed E-state index contributed by atoms with van der Waals surface area (Å²) in [6.07, 6.45) is 6.59. The van der Waals surface area contributed by atoms with Crippen LogP contribution in [0.1, 0.15) is 60.7 Å². The molecule has 0 unspecified atom stereocenters. The van der Waals surface area contributed by atoms with E-state index in [1.807, 2.05) is 0 Å². The average Bonchev–Trinajstić information content (AvgIpc) is 2.29. The fourth-order valence-corrected chi connectivity index (χ4v) is 1.12. The van der Waals surface area contributed by atoms with Crippen molar-refractivity contribution in [3.05, 3.63) is 0 Å². The highest BCUT2D eigenvalue weighted by Crippen LogP contribution is 2.00. The topological polar surface area (TPSA) is 27.7 Å². The van der Waals surface area contributed by atoms with E-state index in [-0.39, 0.29) is 1.43 Å². The first-order chi connectivity index (χ1) is 7.85. The molecule has 3 nitrogen and oxygen atoms in total. The Balaban J connectivity index is 0. The van der Waals surface area contributed by atoms with Gasteiger partial charge in [0.05, 0.1) is 0 Å². The third-order valence-electron chi connectivity index (χ3n) is 2.26. The Labute approximate surface area is 103 Å². The van der Waals surface area contributed by atoms with Crippen LogP contribution in [0.15, 0.2) is 0 Å². The Hall–Kier alpha value is -0.0551. The molecule has 0 N–H and O–H groups in total. The zero-order valence-corrected chi connectivity index (χ0v) is 11.2. The Morgan fingerprint density at radius 3 is 1.25 bits per heavy atom. The highest BCUT2D eigenvalue weighted by atomic mass is 16.7. The standard InChI is InChI=1S/C12H27BO3.H2/c1-4-7-10-14-13(15-11-8-5-2)16-12-9-6-3;/h4-12H2,1-3H3;1H. The molecular weight excluding hydrogens is 203 g/mol. The molecule has 0 heterocycles. The van der Waals surface area contributed by atoms with Gasteiger partial charge in [0.2, 0.25) is 0 Å². The maximum Gasteiger partial charge on any atom is 0.639 e. The van der Waals surface area contributed by atoms with E-state index in [0.29, 0.717) is 0 Å². The van der Waals surface area contributed by atoms with Gasteiger partial charge in [-0.2, -0.15) is 0 Å². The summed E-state index contributed by atoms with van der Waals surface area (Å²) < 4.78 is 16.6. The second-order valence-corrected chi connectivity index (χ2v) is 3.96. The molecule has 0 amide bonds. The third-order valence-corrected chi connectivity index (χ3v) is 2.26. The van der Waals surface area contributed by atoms with Gasteiger partial charge in [-0.25, -0.2) is 0 Å². The minimum Gasteiger partial charge on any atom is -0.386 e. The lowest BCUT2D eigenvalue weighted by molar-refractivity contribution is 0.0899. The lowest BCUT2D eigenvalue weighted by atomic mass is 10.2. The van der Waals surface area contributed by atoms with Crippen molar-refractivity contribution in [2.45, 2.75) is 59.3 Å². The molecule has 0 aromatic heterocycles. The third kappa shape index (κ3) is 10.5. The largest absolute Gasteiger partial charge is 0.639 e. The van der Waals surface area contributed by atoms with Crippen LogP contribution in [0.3, 0.4) is 0 Å². The summed E-state index contributed by atoms with van der Waals surface area (Å²) in [5.41, 5.74) is 0. The second-order valence-electron chi connectivity index (χ2n) is 3.96. The average molecular weight is 232 g/mol. The van der Waals surface area contributed by atoms with Crippen molar-refractivity contribution in [3.8, 4) is 0 Å². The molecule has 0 saturated heterocycles. The molecule has 0 spiro atoms. The molecule has 0 aliphatic heterocycles. The molecule has 0 atom stereocenters. The van der Waals surface area contributed by atoms with Gasteiger partial charge >= 0.3 is 7.32 Å². The van der Waals surface area contributed by atoms with Gasteiger partial charge < -0.3 is 14.0 Å². The smallest absolute Gasteiger partial charge is 0.386 e. The van der Waals surface area contributed by atoms with E-state index in [0.717, 1.165) is 58.3 Å². The Kier molecular flexibility index (Phi) is 13.0. The van der Waals surface area contributed by atoms with Gasteiger partial charge in [-0.15, -0.1) is 0 Å². The number of hydrogen-bond acceptors (Lipinski definition) is 3. The molecule has 0 rings (SSSR count). The van der Waals surface area contributed by atoms with Crippen LogP contribution in [0.4, 0.5) is 0 Å². The van der Waals surface area contributed by atoms with E-state index in [4.69, 9.17) is 14.0 Å². The first-order valence-electron chi connectivity index (χ1n) is 6.69. The zero-order valence-electron chi connectivity index (χ0n) is 11.2. The second kappa shape index (κ2) is 13.0. The van der Waals surface area contributed by atoms with Gasteiger partial charge in [0.1, 0.15) is 0 Å². The summed E-state index contributed by atoms with van der Waals surface area (Å²) in [6.45, 7) is 8.61. The molecule has 0 bridgehead atoms. The molecular formula is C12H29BO3. The molecule has 0 radical (unpaired) electrons. The molecule has 0 aliphatic rings. The molecule has 0 aromatic rings. The summed E-state index contributed by atoms with van der Waals surface area (Å²) in [6, 6.07) is 0. The summed E-state index contributed by atoms with van der Waals surface area (Å²) in [4.78, 5) is 0. The van der Waals surface area contributed by atoms with Gasteiger partial charge in [0.15, 0.2) is 0 Å². The van der Waals surface area contributed by atoms with Crippen LogP contribution < -0.4 is 0 Å². The highest BCUT2D eigenvalue weighted by molar-refractivity contribution is 6.36. The summed E-state index contributed by atoms with van der Waals surface area (Å²) in [5.74, 6) is 0. The molecule has 0 fully saturated rings. The van der Waals surface area contributed by atoms with E-state index in [1.54, 1.807) is 0 Å². The van der Waals surface area contributed by atoms with Gasteiger partial charge in [0.25, 0.3) is 0 Å². The summed E-state index contributed by atoms with van der Waals surface area (Å²) >= 11 is 0. The lowest BCUT2D eigenvalue weighted by Gasteiger charge is -2.14. The first kappa shape index (κ1) is 15.9. The predicted octanol–water partition coefficient (Wildman–Crippen LogP) is 3.67. The van der Waals surface area contributed by atoms with E-state index in [2.05, 4.69) is 20.8 Å². The van der Waals surface area contributed by atoms with Crippen LogP contribution in [0.2, 0.25) is 0 Å². The van der Waals surface area contributed by atoms with Gasteiger partial charge in [-0.3, -0.25) is 0 Å². The van der Waals surface area contributed by atoms with E-state index in [9.17, 15) is 0 Å². The minimum absolute atomic E-state index is 0. The van der Waals surface area contributed by atoms with Crippen molar-refractivity contribution in [2.75, 3.05) is 19.8 Å². The Morgan fingerprint density at radius 1 is 0.688 bits per heavy atom. The maximum atomic E-state index is 5.53. The number of rotatable bonds is 12. The fraction of sp³-hybridized carbons (Fsp3) is 1.00. The van der Waals surface area contributed by atoms with E-state index in [1.165, 1.54) is 0 Å². The summed E-state index contributed by atoms with van der Waals surface area (Å²) in [5, 5.41) is 0. The summed E-state index contributed by atoms with van der Waals surface area (Å²) in [7, 11) is -0.454. The monoisotopic (exact) mass is 232 g/mol. The van der Waals surface area contributed by atoms with Crippen molar-refractivity contribution in [3.63, 3.8) is 0 Å². The molecule has 98 valence electrons. The zero-order chi connectivity index (χ0) is 12.1. The molecule has 4 heteroatoms. The highest BCUT2D eigenvalue weighted by Gasteiger charge is 2.20. The molecule has 0 aromatic carbocycles.